The van der Waals surface area contributed by atoms with E-state index in [1.165, 1.54) is 0 Å². The molecule has 0 spiro atoms. The molecule has 0 amide bonds. The van der Waals surface area contributed by atoms with E-state index in [0.29, 0.717) is 11.9 Å². The van der Waals surface area contributed by atoms with E-state index in [1.807, 2.05) is 24.3 Å². The number of hydrogen-bond acceptors (Lipinski definition) is 5. The van der Waals surface area contributed by atoms with Crippen molar-refractivity contribution in [2.45, 2.75) is 37.8 Å². The molecule has 0 radical (unpaired) electrons. The smallest absolute Gasteiger partial charge is 0.150 e. The monoisotopic (exact) mass is 310 g/mol. The van der Waals surface area contributed by atoms with Gasteiger partial charge in [0, 0.05) is 6.04 Å². The summed E-state index contributed by atoms with van der Waals surface area (Å²) in [6.07, 6.45) is 4.17. The molecule has 1 aromatic carbocycles. The summed E-state index contributed by atoms with van der Waals surface area (Å²) in [6, 6.07) is 7.92. The van der Waals surface area contributed by atoms with Gasteiger partial charge in [-0.15, -0.1) is 0 Å². The molecule has 2 aliphatic rings. The predicted octanol–water partition coefficient (Wildman–Crippen LogP) is 1.56. The van der Waals surface area contributed by atoms with Gasteiger partial charge in [-0.05, 0) is 49.3 Å². The van der Waals surface area contributed by atoms with E-state index < -0.39 is 9.84 Å². The second kappa shape index (κ2) is 5.94. The molecule has 116 valence electrons. The van der Waals surface area contributed by atoms with Crippen LogP contribution >= 0.6 is 0 Å². The predicted molar refractivity (Wildman–Crippen MR) is 81.5 cm³/mol. The fraction of sp³-hybridized carbons (Fsp3) is 0.600. The minimum absolute atomic E-state index is 0.0155. The molecule has 3 N–H and O–H groups in total. The average Bonchev–Trinajstić information content (AvgIpc) is 3.20. The van der Waals surface area contributed by atoms with E-state index in [9.17, 15) is 8.42 Å². The van der Waals surface area contributed by atoms with Crippen LogP contribution in [0.5, 0.6) is 5.75 Å². The van der Waals surface area contributed by atoms with E-state index in [-0.39, 0.29) is 17.7 Å². The first-order valence-corrected chi connectivity index (χ1v) is 9.31. The van der Waals surface area contributed by atoms with E-state index in [4.69, 9.17) is 10.6 Å². The van der Waals surface area contributed by atoms with Gasteiger partial charge in [-0.1, -0.05) is 12.1 Å². The lowest BCUT2D eigenvalue weighted by atomic mass is 9.95. The molecule has 1 heterocycles. The van der Waals surface area contributed by atoms with Crippen molar-refractivity contribution < 1.29 is 13.2 Å². The molecule has 0 bridgehead atoms. The molecule has 1 saturated heterocycles. The summed E-state index contributed by atoms with van der Waals surface area (Å²) in [5.41, 5.74) is 3.88. The third kappa shape index (κ3) is 3.96. The van der Waals surface area contributed by atoms with Crippen LogP contribution in [0.4, 0.5) is 0 Å². The third-order valence-electron chi connectivity index (χ3n) is 4.21. The standard InChI is InChI=1S/C15H22N2O3S/c16-17-15(9-11-7-8-21(18,19)10-11)12-1-3-13(4-2-12)20-14-5-6-14/h1-4,11,14-15,17H,5-10,16H2. The molecule has 3 rings (SSSR count). The summed E-state index contributed by atoms with van der Waals surface area (Å²) >= 11 is 0. The normalized spacial score (nSPS) is 25.7. The minimum Gasteiger partial charge on any atom is -0.490 e. The molecule has 1 aliphatic heterocycles. The van der Waals surface area contributed by atoms with Gasteiger partial charge in [-0.25, -0.2) is 8.42 Å². The summed E-state index contributed by atoms with van der Waals surface area (Å²) in [6.45, 7) is 0. The van der Waals surface area contributed by atoms with Crippen molar-refractivity contribution >= 4 is 9.84 Å². The Hall–Kier alpha value is -1.11. The molecule has 2 fully saturated rings. The third-order valence-corrected chi connectivity index (χ3v) is 6.04. The number of benzene rings is 1. The molecular weight excluding hydrogens is 288 g/mol. The lowest BCUT2D eigenvalue weighted by Crippen LogP contribution is -2.30. The van der Waals surface area contributed by atoms with E-state index in [0.717, 1.165) is 37.0 Å². The largest absolute Gasteiger partial charge is 0.490 e. The molecule has 1 saturated carbocycles. The fourth-order valence-corrected chi connectivity index (χ4v) is 4.73. The van der Waals surface area contributed by atoms with Gasteiger partial charge in [-0.2, -0.15) is 0 Å². The second-order valence-electron chi connectivity index (χ2n) is 6.11. The van der Waals surface area contributed by atoms with Gasteiger partial charge in [0.1, 0.15) is 5.75 Å². The van der Waals surface area contributed by atoms with Crippen molar-refractivity contribution in [1.82, 2.24) is 5.43 Å². The summed E-state index contributed by atoms with van der Waals surface area (Å²) in [5, 5.41) is 0. The van der Waals surface area contributed by atoms with Crippen molar-refractivity contribution in [2.24, 2.45) is 11.8 Å². The van der Waals surface area contributed by atoms with Crippen molar-refractivity contribution in [3.05, 3.63) is 29.8 Å². The Labute approximate surface area is 125 Å². The summed E-state index contributed by atoms with van der Waals surface area (Å²) in [7, 11) is -2.83. The molecule has 6 heteroatoms. The Bertz CT molecular complexity index is 581. The van der Waals surface area contributed by atoms with Gasteiger partial charge in [0.25, 0.3) is 0 Å². The lowest BCUT2D eigenvalue weighted by Gasteiger charge is -2.20. The van der Waals surface area contributed by atoms with Crippen LogP contribution in [0.3, 0.4) is 0 Å². The van der Waals surface area contributed by atoms with Crippen molar-refractivity contribution in [2.75, 3.05) is 11.5 Å². The van der Waals surface area contributed by atoms with E-state index >= 15 is 0 Å². The Kier molecular flexibility index (Phi) is 4.19. The van der Waals surface area contributed by atoms with Gasteiger partial charge >= 0.3 is 0 Å². The van der Waals surface area contributed by atoms with E-state index in [2.05, 4.69) is 5.43 Å². The van der Waals surface area contributed by atoms with Gasteiger partial charge < -0.3 is 4.74 Å². The van der Waals surface area contributed by atoms with Gasteiger partial charge in [0.05, 0.1) is 17.6 Å². The maximum Gasteiger partial charge on any atom is 0.150 e. The summed E-state index contributed by atoms with van der Waals surface area (Å²) in [5.74, 6) is 7.33. The van der Waals surface area contributed by atoms with Gasteiger partial charge in [0.2, 0.25) is 0 Å². The Balaban J connectivity index is 1.62. The molecule has 2 atom stereocenters. The zero-order valence-electron chi connectivity index (χ0n) is 12.0. The number of rotatable bonds is 6. The summed E-state index contributed by atoms with van der Waals surface area (Å²) in [4.78, 5) is 0. The molecule has 0 aromatic heterocycles. The molecule has 1 aliphatic carbocycles. The molecule has 21 heavy (non-hydrogen) atoms. The second-order valence-corrected chi connectivity index (χ2v) is 8.34. The number of nitrogens with one attached hydrogen (secondary N) is 1. The van der Waals surface area contributed by atoms with Crippen LogP contribution in [0.25, 0.3) is 0 Å². The number of hydrazine groups is 1. The van der Waals surface area contributed by atoms with Crippen LogP contribution in [-0.4, -0.2) is 26.0 Å². The first-order valence-electron chi connectivity index (χ1n) is 7.49. The zero-order valence-corrected chi connectivity index (χ0v) is 12.8. The van der Waals surface area contributed by atoms with Crippen molar-refractivity contribution in [3.63, 3.8) is 0 Å². The first-order chi connectivity index (χ1) is 10.1. The van der Waals surface area contributed by atoms with Gasteiger partial charge in [-0.3, -0.25) is 11.3 Å². The molecule has 2 unspecified atom stereocenters. The Morgan fingerprint density at radius 3 is 2.48 bits per heavy atom. The highest BCUT2D eigenvalue weighted by Crippen LogP contribution is 2.31. The van der Waals surface area contributed by atoms with Crippen LogP contribution in [0.2, 0.25) is 0 Å². The SMILES string of the molecule is NNC(CC1CCS(=O)(=O)C1)c1ccc(OC2CC2)cc1. The van der Waals surface area contributed by atoms with Crippen LogP contribution in [0.1, 0.15) is 37.3 Å². The molecule has 5 nitrogen and oxygen atoms in total. The topological polar surface area (TPSA) is 81.4 Å². The molecular formula is C15H22N2O3S. The van der Waals surface area contributed by atoms with Crippen LogP contribution in [0.15, 0.2) is 24.3 Å². The highest BCUT2D eigenvalue weighted by molar-refractivity contribution is 7.91. The zero-order chi connectivity index (χ0) is 14.9. The van der Waals surface area contributed by atoms with Crippen LogP contribution in [-0.2, 0) is 9.84 Å². The highest BCUT2D eigenvalue weighted by Gasteiger charge is 2.30. The Morgan fingerprint density at radius 1 is 1.24 bits per heavy atom. The van der Waals surface area contributed by atoms with Crippen molar-refractivity contribution in [1.29, 1.82) is 0 Å². The number of sulfone groups is 1. The lowest BCUT2D eigenvalue weighted by molar-refractivity contribution is 0.303. The van der Waals surface area contributed by atoms with Crippen LogP contribution < -0.4 is 16.0 Å². The Morgan fingerprint density at radius 2 is 1.95 bits per heavy atom. The summed E-state index contributed by atoms with van der Waals surface area (Å²) < 4.78 is 28.8. The average molecular weight is 310 g/mol. The van der Waals surface area contributed by atoms with E-state index in [1.54, 1.807) is 0 Å². The molecule has 1 aromatic rings. The number of nitrogens with two attached hydrogens (primary N) is 1. The number of ether oxygens (including phenoxy) is 1. The first kappa shape index (κ1) is 14.8. The maximum atomic E-state index is 11.5. The fourth-order valence-electron chi connectivity index (χ4n) is 2.85. The highest BCUT2D eigenvalue weighted by atomic mass is 32.2. The maximum absolute atomic E-state index is 11.5. The quantitative estimate of drug-likeness (QED) is 0.615. The van der Waals surface area contributed by atoms with Crippen LogP contribution in [0, 0.1) is 5.92 Å². The number of hydrogen-bond donors (Lipinski definition) is 2. The minimum atomic E-state index is -2.83. The van der Waals surface area contributed by atoms with Crippen molar-refractivity contribution in [3.8, 4) is 5.75 Å². The van der Waals surface area contributed by atoms with Gasteiger partial charge in [0.15, 0.2) is 9.84 Å².